The van der Waals surface area contributed by atoms with E-state index in [4.69, 9.17) is 5.73 Å². The third kappa shape index (κ3) is 8.43. The maximum absolute atomic E-state index is 11.0. The fraction of sp³-hybridized carbons (Fsp3) is 0.917. The van der Waals surface area contributed by atoms with E-state index >= 15 is 0 Å². The molecule has 3 heteroatoms. The fourth-order valence-corrected chi connectivity index (χ4v) is 1.50. The third-order valence-corrected chi connectivity index (χ3v) is 2.37. The predicted molar refractivity (Wildman–Crippen MR) is 64.6 cm³/mol. The first-order valence-corrected chi connectivity index (χ1v) is 5.99. The normalized spacial score (nSPS) is 13.5. The molecule has 0 bridgehead atoms. The summed E-state index contributed by atoms with van der Waals surface area (Å²) in [7, 11) is 1.38. The minimum Gasteiger partial charge on any atom is -0.468 e. The van der Waals surface area contributed by atoms with E-state index in [1.807, 2.05) is 13.8 Å². The van der Waals surface area contributed by atoms with E-state index in [-0.39, 0.29) is 5.97 Å². The van der Waals surface area contributed by atoms with E-state index in [9.17, 15) is 4.79 Å². The van der Waals surface area contributed by atoms with Crippen LogP contribution in [0.4, 0.5) is 0 Å². The van der Waals surface area contributed by atoms with Crippen molar-refractivity contribution in [2.45, 2.75) is 59.4 Å². The lowest BCUT2D eigenvalue weighted by Gasteiger charge is -2.17. The average Bonchev–Trinajstić information content (AvgIpc) is 2.29. The van der Waals surface area contributed by atoms with Crippen molar-refractivity contribution >= 4 is 5.97 Å². The molecule has 92 valence electrons. The quantitative estimate of drug-likeness (QED) is 0.696. The molecule has 0 saturated carbocycles. The van der Waals surface area contributed by atoms with Crippen molar-refractivity contribution in [2.75, 3.05) is 7.11 Å². The zero-order valence-electron chi connectivity index (χ0n) is 10.9. The van der Waals surface area contributed by atoms with Gasteiger partial charge in [-0.15, -0.1) is 0 Å². The second kappa shape index (κ2) is 11.5. The van der Waals surface area contributed by atoms with Gasteiger partial charge in [0.05, 0.1) is 7.11 Å². The standard InChI is InChI=1S/C10H21NO2.C2H6/c1-4-6-8(5-2)7-9(11)10(12)13-3;1-2/h8-9H,4-7,11H2,1-3H3;1-2H3. The molecule has 0 spiro atoms. The van der Waals surface area contributed by atoms with Crippen LogP contribution in [0.2, 0.25) is 0 Å². The number of carbonyl (C=O) groups excluding carboxylic acids is 1. The second-order valence-electron chi connectivity index (χ2n) is 3.43. The Morgan fingerprint density at radius 2 is 1.87 bits per heavy atom. The highest BCUT2D eigenvalue weighted by Gasteiger charge is 2.17. The van der Waals surface area contributed by atoms with Gasteiger partial charge in [-0.25, -0.2) is 0 Å². The highest BCUT2D eigenvalue weighted by molar-refractivity contribution is 5.75. The molecule has 0 aliphatic heterocycles. The van der Waals surface area contributed by atoms with Crippen molar-refractivity contribution in [1.82, 2.24) is 0 Å². The Morgan fingerprint density at radius 1 is 1.33 bits per heavy atom. The Labute approximate surface area is 94.4 Å². The Hall–Kier alpha value is -0.570. The van der Waals surface area contributed by atoms with Crippen molar-refractivity contribution in [3.63, 3.8) is 0 Å². The van der Waals surface area contributed by atoms with E-state index in [0.717, 1.165) is 25.7 Å². The summed E-state index contributed by atoms with van der Waals surface area (Å²) >= 11 is 0. The van der Waals surface area contributed by atoms with Crippen LogP contribution >= 0.6 is 0 Å². The average molecular weight is 217 g/mol. The van der Waals surface area contributed by atoms with E-state index in [0.29, 0.717) is 5.92 Å². The third-order valence-electron chi connectivity index (χ3n) is 2.37. The summed E-state index contributed by atoms with van der Waals surface area (Å²) in [6.45, 7) is 8.27. The van der Waals surface area contributed by atoms with Gasteiger partial charge in [0.1, 0.15) is 6.04 Å². The van der Waals surface area contributed by atoms with E-state index in [2.05, 4.69) is 18.6 Å². The summed E-state index contributed by atoms with van der Waals surface area (Å²) in [5.74, 6) is 0.258. The molecule has 2 unspecified atom stereocenters. The zero-order chi connectivity index (χ0) is 12.3. The second-order valence-corrected chi connectivity index (χ2v) is 3.43. The van der Waals surface area contributed by atoms with Crippen LogP contribution in [0, 0.1) is 5.92 Å². The molecule has 0 rings (SSSR count). The van der Waals surface area contributed by atoms with Crippen molar-refractivity contribution in [3.05, 3.63) is 0 Å². The summed E-state index contributed by atoms with van der Waals surface area (Å²) in [5.41, 5.74) is 5.66. The van der Waals surface area contributed by atoms with E-state index in [1.165, 1.54) is 7.11 Å². The van der Waals surface area contributed by atoms with Gasteiger partial charge in [0.25, 0.3) is 0 Å². The maximum Gasteiger partial charge on any atom is 0.322 e. The lowest BCUT2D eigenvalue weighted by molar-refractivity contribution is -0.142. The van der Waals surface area contributed by atoms with Gasteiger partial charge in [0, 0.05) is 0 Å². The molecule has 0 fully saturated rings. The Bertz CT molecular complexity index is 149. The van der Waals surface area contributed by atoms with Gasteiger partial charge in [0.2, 0.25) is 0 Å². The van der Waals surface area contributed by atoms with Gasteiger partial charge < -0.3 is 10.5 Å². The highest BCUT2D eigenvalue weighted by atomic mass is 16.5. The number of hydrogen-bond acceptors (Lipinski definition) is 3. The Kier molecular flexibility index (Phi) is 12.9. The van der Waals surface area contributed by atoms with Crippen molar-refractivity contribution in [1.29, 1.82) is 0 Å². The van der Waals surface area contributed by atoms with E-state index < -0.39 is 6.04 Å². The molecule has 0 aliphatic carbocycles. The largest absolute Gasteiger partial charge is 0.468 e. The molecule has 2 atom stereocenters. The maximum atomic E-state index is 11.0. The van der Waals surface area contributed by atoms with Gasteiger partial charge in [-0.2, -0.15) is 0 Å². The van der Waals surface area contributed by atoms with Crippen LogP contribution in [0.15, 0.2) is 0 Å². The number of methoxy groups -OCH3 is 1. The van der Waals surface area contributed by atoms with Crippen LogP contribution in [0.5, 0.6) is 0 Å². The number of rotatable bonds is 6. The smallest absolute Gasteiger partial charge is 0.322 e. The lowest BCUT2D eigenvalue weighted by Crippen LogP contribution is -2.33. The van der Waals surface area contributed by atoms with Crippen LogP contribution in [0.3, 0.4) is 0 Å². The van der Waals surface area contributed by atoms with Crippen LogP contribution < -0.4 is 5.73 Å². The monoisotopic (exact) mass is 217 g/mol. The summed E-state index contributed by atoms with van der Waals surface area (Å²) in [4.78, 5) is 11.0. The fourth-order valence-electron chi connectivity index (χ4n) is 1.50. The first-order chi connectivity index (χ1) is 7.15. The van der Waals surface area contributed by atoms with Gasteiger partial charge in [-0.3, -0.25) is 4.79 Å². The SMILES string of the molecule is CC.CCCC(CC)CC(N)C(=O)OC. The molecule has 0 amide bonds. The lowest BCUT2D eigenvalue weighted by atomic mass is 9.93. The number of hydrogen-bond donors (Lipinski definition) is 1. The Balaban J connectivity index is 0. The van der Waals surface area contributed by atoms with Crippen LogP contribution in [0.25, 0.3) is 0 Å². The molecule has 3 nitrogen and oxygen atoms in total. The molecule has 2 N–H and O–H groups in total. The predicted octanol–water partition coefficient (Wildman–Crippen LogP) is 2.73. The number of nitrogens with two attached hydrogens (primary N) is 1. The molecule has 0 radical (unpaired) electrons. The zero-order valence-corrected chi connectivity index (χ0v) is 10.9. The topological polar surface area (TPSA) is 52.3 Å². The number of ether oxygens (including phenoxy) is 1. The van der Waals surface area contributed by atoms with Crippen LogP contribution in [-0.4, -0.2) is 19.1 Å². The number of esters is 1. The van der Waals surface area contributed by atoms with Crippen molar-refractivity contribution in [3.8, 4) is 0 Å². The first-order valence-electron chi connectivity index (χ1n) is 5.99. The molecule has 0 aromatic heterocycles. The van der Waals surface area contributed by atoms with Gasteiger partial charge >= 0.3 is 5.97 Å². The highest BCUT2D eigenvalue weighted by Crippen LogP contribution is 2.16. The van der Waals surface area contributed by atoms with E-state index in [1.54, 1.807) is 0 Å². The summed E-state index contributed by atoms with van der Waals surface area (Å²) < 4.78 is 4.57. The Morgan fingerprint density at radius 3 is 2.20 bits per heavy atom. The summed E-state index contributed by atoms with van der Waals surface area (Å²) in [5, 5.41) is 0. The summed E-state index contributed by atoms with van der Waals surface area (Å²) in [6, 6.07) is -0.443. The summed E-state index contributed by atoms with van der Waals surface area (Å²) in [6.07, 6.45) is 4.11. The number of carbonyl (C=O) groups is 1. The minimum absolute atomic E-state index is 0.297. The van der Waals surface area contributed by atoms with Gasteiger partial charge in [0.15, 0.2) is 0 Å². The molecular weight excluding hydrogens is 190 g/mol. The molecule has 0 aromatic rings. The van der Waals surface area contributed by atoms with Gasteiger partial charge in [-0.05, 0) is 12.3 Å². The molecule has 0 saturated heterocycles. The molecule has 0 aliphatic rings. The minimum atomic E-state index is -0.443. The molecular formula is C12H27NO2. The van der Waals surface area contributed by atoms with Crippen molar-refractivity contribution < 1.29 is 9.53 Å². The first kappa shape index (κ1) is 16.8. The molecule has 0 aromatic carbocycles. The van der Waals surface area contributed by atoms with Crippen molar-refractivity contribution in [2.24, 2.45) is 11.7 Å². The molecule has 15 heavy (non-hydrogen) atoms. The van der Waals surface area contributed by atoms with Gasteiger partial charge in [-0.1, -0.05) is 47.0 Å². The van der Waals surface area contributed by atoms with Crippen LogP contribution in [0.1, 0.15) is 53.4 Å². The van der Waals surface area contributed by atoms with Crippen LogP contribution in [-0.2, 0) is 9.53 Å². The molecule has 0 heterocycles.